The predicted molar refractivity (Wildman–Crippen MR) is 104 cm³/mol. The van der Waals surface area contributed by atoms with Gasteiger partial charge in [-0.1, -0.05) is 22.0 Å². The summed E-state index contributed by atoms with van der Waals surface area (Å²) in [6, 6.07) is 10.5. The first-order valence-corrected chi connectivity index (χ1v) is 10.1. The Kier molecular flexibility index (Phi) is 4.73. The lowest BCUT2D eigenvalue weighted by Crippen LogP contribution is -2.47. The van der Waals surface area contributed by atoms with Gasteiger partial charge in [-0.3, -0.25) is 4.98 Å². The normalized spacial score (nSPS) is 27.6. The van der Waals surface area contributed by atoms with E-state index in [0.29, 0.717) is 5.69 Å². The van der Waals surface area contributed by atoms with Crippen molar-refractivity contribution in [3.05, 3.63) is 58.3 Å². The highest BCUT2D eigenvalue weighted by Gasteiger charge is 2.50. The molecule has 3 aliphatic rings. The summed E-state index contributed by atoms with van der Waals surface area (Å²) in [5.41, 5.74) is 1.21. The fraction of sp³-hybridized carbons (Fsp3) is 0.476. The fourth-order valence-corrected chi connectivity index (χ4v) is 5.10. The molecule has 2 aromatic rings. The Morgan fingerprint density at radius 1 is 1.00 bits per heavy atom. The standard InChI is InChI=1S/C21H22BrF3N2/c22-16-2-1-3-17(13-16)27-14-19-5-8-20(9-6-19,10-7-19)18-12-15(4-11-26-18)21(23,24)25/h1-4,11-13,27H,5-10,14H2. The lowest BCUT2D eigenvalue weighted by Gasteiger charge is -2.53. The number of fused-ring (bicyclic) bond motifs is 3. The van der Waals surface area contributed by atoms with Crippen LogP contribution in [0.15, 0.2) is 47.1 Å². The summed E-state index contributed by atoms with van der Waals surface area (Å²) in [5, 5.41) is 3.56. The lowest BCUT2D eigenvalue weighted by molar-refractivity contribution is -0.137. The van der Waals surface area contributed by atoms with Gasteiger partial charge >= 0.3 is 6.18 Å². The molecule has 3 fully saturated rings. The van der Waals surface area contributed by atoms with Crippen LogP contribution in [0.1, 0.15) is 49.8 Å². The second kappa shape index (κ2) is 6.80. The minimum atomic E-state index is -4.31. The SMILES string of the molecule is FC(F)(F)c1ccnc(C23CCC(CNc4cccc(Br)c4)(CC2)CC3)c1. The van der Waals surface area contributed by atoms with E-state index in [4.69, 9.17) is 0 Å². The smallest absolute Gasteiger partial charge is 0.384 e. The molecule has 0 aliphatic heterocycles. The summed E-state index contributed by atoms with van der Waals surface area (Å²) in [5.74, 6) is 0. The molecule has 3 aliphatic carbocycles. The number of aromatic nitrogens is 1. The van der Waals surface area contributed by atoms with Crippen LogP contribution in [0.25, 0.3) is 0 Å². The van der Waals surface area contributed by atoms with Crippen molar-refractivity contribution in [2.45, 2.75) is 50.1 Å². The Labute approximate surface area is 165 Å². The molecule has 27 heavy (non-hydrogen) atoms. The largest absolute Gasteiger partial charge is 0.416 e. The van der Waals surface area contributed by atoms with Crippen LogP contribution in [0, 0.1) is 5.41 Å². The van der Waals surface area contributed by atoms with Gasteiger partial charge in [0.1, 0.15) is 0 Å². The number of alkyl halides is 3. The van der Waals surface area contributed by atoms with E-state index in [1.807, 2.05) is 12.1 Å². The molecule has 5 rings (SSSR count). The monoisotopic (exact) mass is 438 g/mol. The number of nitrogens with one attached hydrogen (secondary N) is 1. The number of anilines is 1. The maximum absolute atomic E-state index is 13.1. The molecule has 0 radical (unpaired) electrons. The van der Waals surface area contributed by atoms with Gasteiger partial charge in [0.2, 0.25) is 0 Å². The van der Waals surface area contributed by atoms with Crippen molar-refractivity contribution in [3.8, 4) is 0 Å². The Balaban J connectivity index is 1.46. The van der Waals surface area contributed by atoms with E-state index < -0.39 is 11.7 Å². The quantitative estimate of drug-likeness (QED) is 0.583. The summed E-state index contributed by atoms with van der Waals surface area (Å²) < 4.78 is 40.3. The van der Waals surface area contributed by atoms with Crippen molar-refractivity contribution in [3.63, 3.8) is 0 Å². The van der Waals surface area contributed by atoms with Crippen molar-refractivity contribution >= 4 is 21.6 Å². The van der Waals surface area contributed by atoms with Gasteiger partial charge in [0.25, 0.3) is 0 Å². The van der Waals surface area contributed by atoms with Gasteiger partial charge in [-0.05, 0) is 74.3 Å². The molecule has 0 spiro atoms. The Hall–Kier alpha value is -1.56. The zero-order valence-corrected chi connectivity index (χ0v) is 16.5. The van der Waals surface area contributed by atoms with E-state index in [1.165, 1.54) is 12.3 Å². The molecular formula is C21H22BrF3N2. The Bertz CT molecular complexity index is 810. The molecule has 2 bridgehead atoms. The van der Waals surface area contributed by atoms with Crippen LogP contribution >= 0.6 is 15.9 Å². The molecule has 1 N–H and O–H groups in total. The van der Waals surface area contributed by atoms with Gasteiger partial charge in [0.15, 0.2) is 0 Å². The zero-order chi connectivity index (χ0) is 19.1. The maximum Gasteiger partial charge on any atom is 0.416 e. The van der Waals surface area contributed by atoms with E-state index in [-0.39, 0.29) is 10.8 Å². The predicted octanol–water partition coefficient (Wildman–Crippen LogP) is 6.57. The average Bonchev–Trinajstić information content (AvgIpc) is 2.68. The third kappa shape index (κ3) is 3.73. The van der Waals surface area contributed by atoms with E-state index in [1.54, 1.807) is 0 Å². The van der Waals surface area contributed by atoms with Gasteiger partial charge < -0.3 is 5.32 Å². The number of pyridine rings is 1. The van der Waals surface area contributed by atoms with Crippen LogP contribution in [0.3, 0.4) is 0 Å². The number of nitrogens with zero attached hydrogens (tertiary/aromatic N) is 1. The molecule has 0 amide bonds. The summed E-state index contributed by atoms with van der Waals surface area (Å²) in [7, 11) is 0. The third-order valence-electron chi connectivity index (χ3n) is 6.52. The molecular weight excluding hydrogens is 417 g/mol. The molecule has 3 saturated carbocycles. The molecule has 1 aromatic carbocycles. The van der Waals surface area contributed by atoms with Crippen LogP contribution in [-0.2, 0) is 11.6 Å². The summed E-state index contributed by atoms with van der Waals surface area (Å²) in [6.45, 7) is 0.912. The van der Waals surface area contributed by atoms with Gasteiger partial charge in [0, 0.05) is 34.0 Å². The highest BCUT2D eigenvalue weighted by molar-refractivity contribution is 9.10. The van der Waals surface area contributed by atoms with Crippen LogP contribution in [0.4, 0.5) is 18.9 Å². The Morgan fingerprint density at radius 2 is 1.70 bits per heavy atom. The summed E-state index contributed by atoms with van der Waals surface area (Å²) in [4.78, 5) is 4.35. The number of halogens is 4. The minimum absolute atomic E-state index is 0.182. The molecule has 0 saturated heterocycles. The number of hydrogen-bond donors (Lipinski definition) is 1. The topological polar surface area (TPSA) is 24.9 Å². The van der Waals surface area contributed by atoms with Crippen LogP contribution in [0.5, 0.6) is 0 Å². The molecule has 0 unspecified atom stereocenters. The molecule has 6 heteroatoms. The van der Waals surface area contributed by atoms with Crippen molar-refractivity contribution in [2.75, 3.05) is 11.9 Å². The van der Waals surface area contributed by atoms with Crippen molar-refractivity contribution in [2.24, 2.45) is 5.41 Å². The molecule has 1 aromatic heterocycles. The second-order valence-corrected chi connectivity index (χ2v) is 8.99. The van der Waals surface area contributed by atoms with E-state index in [9.17, 15) is 13.2 Å². The summed E-state index contributed by atoms with van der Waals surface area (Å²) in [6.07, 6.45) is 2.86. The third-order valence-corrected chi connectivity index (χ3v) is 7.02. The van der Waals surface area contributed by atoms with Crippen LogP contribution in [0.2, 0.25) is 0 Å². The van der Waals surface area contributed by atoms with Crippen molar-refractivity contribution < 1.29 is 13.2 Å². The number of benzene rings is 1. The minimum Gasteiger partial charge on any atom is -0.384 e. The molecule has 2 nitrogen and oxygen atoms in total. The van der Waals surface area contributed by atoms with Gasteiger partial charge in [-0.25, -0.2) is 0 Å². The van der Waals surface area contributed by atoms with E-state index in [0.717, 1.165) is 61.3 Å². The summed E-state index contributed by atoms with van der Waals surface area (Å²) >= 11 is 3.49. The van der Waals surface area contributed by atoms with Gasteiger partial charge in [-0.15, -0.1) is 0 Å². The van der Waals surface area contributed by atoms with Crippen LogP contribution in [-0.4, -0.2) is 11.5 Å². The molecule has 0 atom stereocenters. The highest BCUT2D eigenvalue weighted by atomic mass is 79.9. The average molecular weight is 439 g/mol. The van der Waals surface area contributed by atoms with Gasteiger partial charge in [-0.2, -0.15) is 13.2 Å². The van der Waals surface area contributed by atoms with Crippen molar-refractivity contribution in [1.82, 2.24) is 4.98 Å². The second-order valence-electron chi connectivity index (χ2n) is 8.07. The molecule has 144 valence electrons. The molecule has 1 heterocycles. The first-order valence-electron chi connectivity index (χ1n) is 9.34. The first kappa shape index (κ1) is 18.8. The van der Waals surface area contributed by atoms with Crippen molar-refractivity contribution in [1.29, 1.82) is 0 Å². The van der Waals surface area contributed by atoms with Gasteiger partial charge in [0.05, 0.1) is 5.56 Å². The first-order chi connectivity index (χ1) is 12.8. The van der Waals surface area contributed by atoms with E-state index in [2.05, 4.69) is 38.4 Å². The maximum atomic E-state index is 13.1. The number of rotatable bonds is 4. The lowest BCUT2D eigenvalue weighted by atomic mass is 9.52. The zero-order valence-electron chi connectivity index (χ0n) is 15.0. The Morgan fingerprint density at radius 3 is 2.33 bits per heavy atom. The fourth-order valence-electron chi connectivity index (χ4n) is 4.70. The van der Waals surface area contributed by atoms with E-state index >= 15 is 0 Å². The van der Waals surface area contributed by atoms with Crippen LogP contribution < -0.4 is 5.32 Å². The highest BCUT2D eigenvalue weighted by Crippen LogP contribution is 2.57. The number of hydrogen-bond acceptors (Lipinski definition) is 2.